The van der Waals surface area contributed by atoms with Crippen LogP contribution in [0.4, 0.5) is 10.5 Å². The minimum absolute atomic E-state index is 0.102. The van der Waals surface area contributed by atoms with Crippen molar-refractivity contribution in [1.29, 1.82) is 0 Å². The molecule has 1 saturated heterocycles. The first kappa shape index (κ1) is 14.0. The Morgan fingerprint density at radius 3 is 2.62 bits per heavy atom. The molecule has 2 fully saturated rings. The minimum Gasteiger partial charge on any atom is -0.497 e. The van der Waals surface area contributed by atoms with E-state index in [0.717, 1.165) is 50.5 Å². The number of amides is 2. The van der Waals surface area contributed by atoms with Crippen molar-refractivity contribution in [3.63, 3.8) is 0 Å². The van der Waals surface area contributed by atoms with Gasteiger partial charge in [0.05, 0.1) is 7.11 Å². The van der Waals surface area contributed by atoms with Crippen molar-refractivity contribution >= 4 is 11.7 Å². The summed E-state index contributed by atoms with van der Waals surface area (Å²) < 4.78 is 5.27. The third-order valence-corrected chi connectivity index (χ3v) is 4.42. The van der Waals surface area contributed by atoms with Crippen LogP contribution in [0.2, 0.25) is 0 Å². The van der Waals surface area contributed by atoms with Gasteiger partial charge in [-0.2, -0.15) is 0 Å². The average molecular weight is 289 g/mol. The van der Waals surface area contributed by atoms with E-state index in [2.05, 4.69) is 16.3 Å². The maximum atomic E-state index is 12.1. The van der Waals surface area contributed by atoms with Crippen molar-refractivity contribution in [2.75, 3.05) is 38.2 Å². The summed E-state index contributed by atoms with van der Waals surface area (Å²) in [4.78, 5) is 16.3. The van der Waals surface area contributed by atoms with E-state index in [1.54, 1.807) is 7.11 Å². The maximum absolute atomic E-state index is 12.1. The fraction of sp³-hybridized carbons (Fsp3) is 0.562. The molecule has 0 atom stereocenters. The molecule has 0 spiro atoms. The summed E-state index contributed by atoms with van der Waals surface area (Å²) in [5, 5.41) is 3.11. The fourth-order valence-electron chi connectivity index (χ4n) is 2.79. The van der Waals surface area contributed by atoms with Crippen LogP contribution in [0, 0.1) is 0 Å². The number of piperazine rings is 1. The highest BCUT2D eigenvalue weighted by atomic mass is 16.5. The van der Waals surface area contributed by atoms with E-state index in [0.29, 0.717) is 6.04 Å². The van der Waals surface area contributed by atoms with Gasteiger partial charge in [0.1, 0.15) is 5.75 Å². The number of hydrogen-bond acceptors (Lipinski definition) is 3. The van der Waals surface area contributed by atoms with E-state index < -0.39 is 0 Å². The number of rotatable bonds is 3. The van der Waals surface area contributed by atoms with E-state index in [-0.39, 0.29) is 6.03 Å². The Morgan fingerprint density at radius 2 is 2.00 bits per heavy atom. The Hall–Kier alpha value is -1.91. The van der Waals surface area contributed by atoms with Gasteiger partial charge in [-0.1, -0.05) is 6.07 Å². The summed E-state index contributed by atoms with van der Waals surface area (Å²) in [6, 6.07) is 8.60. The molecule has 5 nitrogen and oxygen atoms in total. The first-order valence-corrected chi connectivity index (χ1v) is 7.71. The van der Waals surface area contributed by atoms with Gasteiger partial charge in [0.25, 0.3) is 0 Å². The number of benzene rings is 1. The summed E-state index contributed by atoms with van der Waals surface area (Å²) >= 11 is 0. The predicted molar refractivity (Wildman–Crippen MR) is 83.0 cm³/mol. The predicted octanol–water partition coefficient (Wildman–Crippen LogP) is 2.08. The largest absolute Gasteiger partial charge is 0.497 e. The van der Waals surface area contributed by atoms with Crippen molar-refractivity contribution in [3.05, 3.63) is 24.3 Å². The molecule has 114 valence electrons. The van der Waals surface area contributed by atoms with E-state index >= 15 is 0 Å². The van der Waals surface area contributed by atoms with Gasteiger partial charge < -0.3 is 19.9 Å². The van der Waals surface area contributed by atoms with E-state index in [1.165, 1.54) is 6.42 Å². The molecule has 0 radical (unpaired) electrons. The molecule has 1 aromatic carbocycles. The van der Waals surface area contributed by atoms with Gasteiger partial charge in [-0.15, -0.1) is 0 Å². The van der Waals surface area contributed by atoms with Crippen molar-refractivity contribution < 1.29 is 9.53 Å². The quantitative estimate of drug-likeness (QED) is 0.926. The Labute approximate surface area is 125 Å². The monoisotopic (exact) mass is 289 g/mol. The molecule has 21 heavy (non-hydrogen) atoms. The van der Waals surface area contributed by atoms with Gasteiger partial charge in [0, 0.05) is 44.0 Å². The Bertz CT molecular complexity index is 494. The number of nitrogens with one attached hydrogen (secondary N) is 1. The Morgan fingerprint density at radius 1 is 1.24 bits per heavy atom. The number of carbonyl (C=O) groups excluding carboxylic acids is 1. The molecule has 3 rings (SSSR count). The summed E-state index contributed by atoms with van der Waals surface area (Å²) in [7, 11) is 1.68. The minimum atomic E-state index is 0.102. The lowest BCUT2D eigenvalue weighted by atomic mass is 9.93. The Kier molecular flexibility index (Phi) is 4.18. The number of carbonyl (C=O) groups is 1. The molecule has 0 aromatic heterocycles. The fourth-order valence-corrected chi connectivity index (χ4v) is 2.79. The molecule has 5 heteroatoms. The van der Waals surface area contributed by atoms with Gasteiger partial charge in [-0.05, 0) is 31.4 Å². The van der Waals surface area contributed by atoms with E-state index in [4.69, 9.17) is 4.74 Å². The van der Waals surface area contributed by atoms with E-state index in [9.17, 15) is 4.79 Å². The average Bonchev–Trinajstić information content (AvgIpc) is 2.51. The first-order valence-electron chi connectivity index (χ1n) is 7.71. The summed E-state index contributed by atoms with van der Waals surface area (Å²) in [5.41, 5.74) is 1.16. The lowest BCUT2D eigenvalue weighted by Gasteiger charge is -2.37. The van der Waals surface area contributed by atoms with Crippen LogP contribution in [0.5, 0.6) is 5.75 Å². The van der Waals surface area contributed by atoms with Gasteiger partial charge in [0.2, 0.25) is 0 Å². The maximum Gasteiger partial charge on any atom is 0.317 e. The number of anilines is 1. The first-order chi connectivity index (χ1) is 10.3. The lowest BCUT2D eigenvalue weighted by molar-refractivity contribution is 0.183. The van der Waals surface area contributed by atoms with Gasteiger partial charge in [-0.25, -0.2) is 4.79 Å². The molecule has 1 aliphatic carbocycles. The van der Waals surface area contributed by atoms with Crippen molar-refractivity contribution in [3.8, 4) is 5.75 Å². The van der Waals surface area contributed by atoms with Crippen LogP contribution in [-0.2, 0) is 0 Å². The second kappa shape index (κ2) is 6.24. The third kappa shape index (κ3) is 3.23. The van der Waals surface area contributed by atoms with E-state index in [1.807, 2.05) is 23.1 Å². The molecule has 1 aromatic rings. The van der Waals surface area contributed by atoms with Crippen molar-refractivity contribution in [2.45, 2.75) is 25.3 Å². The second-order valence-electron chi connectivity index (χ2n) is 5.75. The van der Waals surface area contributed by atoms with Crippen LogP contribution < -0.4 is 15.0 Å². The summed E-state index contributed by atoms with van der Waals surface area (Å²) in [6.07, 6.45) is 3.51. The normalized spacial score (nSPS) is 19.1. The van der Waals surface area contributed by atoms with Crippen molar-refractivity contribution in [2.24, 2.45) is 0 Å². The second-order valence-corrected chi connectivity index (χ2v) is 5.75. The molecule has 1 aliphatic heterocycles. The van der Waals surface area contributed by atoms with Crippen LogP contribution in [0.3, 0.4) is 0 Å². The number of methoxy groups -OCH3 is 1. The highest BCUT2D eigenvalue weighted by molar-refractivity contribution is 5.75. The number of ether oxygens (including phenoxy) is 1. The smallest absolute Gasteiger partial charge is 0.317 e. The molecule has 1 N–H and O–H groups in total. The molecule has 1 heterocycles. The van der Waals surface area contributed by atoms with Crippen LogP contribution in [0.25, 0.3) is 0 Å². The van der Waals surface area contributed by atoms with Crippen LogP contribution >= 0.6 is 0 Å². The highest BCUT2D eigenvalue weighted by Gasteiger charge is 2.25. The highest BCUT2D eigenvalue weighted by Crippen LogP contribution is 2.22. The molecule has 1 saturated carbocycles. The van der Waals surface area contributed by atoms with Crippen LogP contribution in [-0.4, -0.2) is 50.3 Å². The van der Waals surface area contributed by atoms with Gasteiger partial charge in [-0.3, -0.25) is 0 Å². The molecule has 0 bridgehead atoms. The topological polar surface area (TPSA) is 44.8 Å². The summed E-state index contributed by atoms with van der Waals surface area (Å²) in [6.45, 7) is 3.28. The summed E-state index contributed by atoms with van der Waals surface area (Å²) in [5.74, 6) is 0.873. The third-order valence-electron chi connectivity index (χ3n) is 4.42. The molecular weight excluding hydrogens is 266 g/mol. The zero-order chi connectivity index (χ0) is 14.7. The van der Waals surface area contributed by atoms with Gasteiger partial charge >= 0.3 is 6.03 Å². The zero-order valence-electron chi connectivity index (χ0n) is 12.5. The molecule has 0 unspecified atom stereocenters. The number of nitrogens with zero attached hydrogens (tertiary/aromatic N) is 2. The number of hydrogen-bond donors (Lipinski definition) is 1. The van der Waals surface area contributed by atoms with Gasteiger partial charge in [0.15, 0.2) is 0 Å². The standard InChI is InChI=1S/C16H23N3O2/c1-21-15-7-3-6-14(12-15)18-8-10-19(11-9-18)16(20)17-13-4-2-5-13/h3,6-7,12-13H,2,4-5,8-11H2,1H3,(H,17,20). The molecule has 2 aliphatic rings. The number of urea groups is 1. The zero-order valence-corrected chi connectivity index (χ0v) is 12.5. The van der Waals surface area contributed by atoms with Crippen LogP contribution in [0.1, 0.15) is 19.3 Å². The Balaban J connectivity index is 1.53. The van der Waals surface area contributed by atoms with Crippen LogP contribution in [0.15, 0.2) is 24.3 Å². The molecule has 2 amide bonds. The SMILES string of the molecule is COc1cccc(N2CCN(C(=O)NC3CCC3)CC2)c1. The van der Waals surface area contributed by atoms with Crippen molar-refractivity contribution in [1.82, 2.24) is 10.2 Å². The molecular formula is C16H23N3O2. The lowest BCUT2D eigenvalue weighted by Crippen LogP contribution is -2.54.